The van der Waals surface area contributed by atoms with E-state index in [9.17, 15) is 19.8 Å². The molecule has 2 unspecified atom stereocenters. The Morgan fingerprint density at radius 3 is 2.34 bits per heavy atom. The molecule has 0 saturated carbocycles. The van der Waals surface area contributed by atoms with E-state index in [1.54, 1.807) is 0 Å². The number of nitrogen functional groups attached to an aromatic ring is 1. The van der Waals surface area contributed by atoms with Gasteiger partial charge < -0.3 is 30.7 Å². The van der Waals surface area contributed by atoms with Gasteiger partial charge in [0.05, 0.1) is 25.1 Å². The molecule has 1 aliphatic carbocycles. The fraction of sp³-hybridized carbons (Fsp3) is 0.280. The van der Waals surface area contributed by atoms with Crippen LogP contribution in [0.1, 0.15) is 45.8 Å². The number of aliphatic hydroxyl groups is 2. The summed E-state index contributed by atoms with van der Waals surface area (Å²) in [7, 11) is 1.16. The highest BCUT2D eigenvalue weighted by Gasteiger charge is 2.29. The molecular weight excluding hydrogens is 452 g/mol. The molecule has 0 radical (unpaired) electrons. The van der Waals surface area contributed by atoms with Crippen LogP contribution in [0.5, 0.6) is 0 Å². The van der Waals surface area contributed by atoms with Crippen LogP contribution in [0.15, 0.2) is 54.7 Å². The van der Waals surface area contributed by atoms with Crippen molar-refractivity contribution < 1.29 is 29.3 Å². The number of aliphatic hydroxyl groups excluding tert-OH is 2. The van der Waals surface area contributed by atoms with Crippen LogP contribution in [0.4, 0.5) is 10.6 Å². The lowest BCUT2D eigenvalue weighted by molar-refractivity contribution is 0.0107. The summed E-state index contributed by atoms with van der Waals surface area (Å²) in [5.41, 5.74) is 9.78. The molecule has 0 spiro atoms. The third kappa shape index (κ3) is 5.08. The molecule has 2 atom stereocenters. The molecule has 10 heteroatoms. The van der Waals surface area contributed by atoms with Crippen molar-refractivity contribution >= 4 is 17.9 Å². The Morgan fingerprint density at radius 1 is 1.09 bits per heavy atom. The predicted molar refractivity (Wildman–Crippen MR) is 126 cm³/mol. The van der Waals surface area contributed by atoms with Crippen LogP contribution in [0.3, 0.4) is 0 Å². The second-order valence-electron chi connectivity index (χ2n) is 8.07. The zero-order valence-corrected chi connectivity index (χ0v) is 19.0. The number of nitrogens with one attached hydrogen (secondary N) is 1. The van der Waals surface area contributed by atoms with Gasteiger partial charge in [0.2, 0.25) is 0 Å². The van der Waals surface area contributed by atoms with Gasteiger partial charge in [-0.25, -0.2) is 19.6 Å². The minimum absolute atomic E-state index is 0.00494. The lowest BCUT2D eigenvalue weighted by Gasteiger charge is -2.18. The molecule has 2 aromatic carbocycles. The number of hydrogen-bond donors (Lipinski definition) is 4. The molecule has 0 fully saturated rings. The van der Waals surface area contributed by atoms with Crippen LogP contribution in [0.25, 0.3) is 11.1 Å². The molecule has 5 N–H and O–H groups in total. The van der Waals surface area contributed by atoms with E-state index in [4.69, 9.17) is 10.5 Å². The Balaban J connectivity index is 1.29. The largest absolute Gasteiger partial charge is 0.464 e. The molecule has 1 amide bonds. The number of ether oxygens (including phenoxy) is 2. The summed E-state index contributed by atoms with van der Waals surface area (Å²) >= 11 is 0. The summed E-state index contributed by atoms with van der Waals surface area (Å²) in [6, 6.07) is 16.1. The fourth-order valence-electron chi connectivity index (χ4n) is 4.13. The highest BCUT2D eigenvalue weighted by atomic mass is 16.5. The number of amides is 1. The molecule has 0 bridgehead atoms. The van der Waals surface area contributed by atoms with Crippen LogP contribution in [-0.2, 0) is 9.47 Å². The van der Waals surface area contributed by atoms with Gasteiger partial charge in [-0.05, 0) is 28.7 Å². The average molecular weight is 479 g/mol. The molecule has 1 heterocycles. The summed E-state index contributed by atoms with van der Waals surface area (Å²) < 4.78 is 10.0. The minimum atomic E-state index is -1.45. The molecule has 182 valence electrons. The second kappa shape index (κ2) is 10.5. The summed E-state index contributed by atoms with van der Waals surface area (Å²) in [6.07, 6.45) is -2.20. The van der Waals surface area contributed by atoms with E-state index in [0.717, 1.165) is 35.6 Å². The lowest BCUT2D eigenvalue weighted by Crippen LogP contribution is -2.31. The Hall–Kier alpha value is -4.02. The van der Waals surface area contributed by atoms with Crippen molar-refractivity contribution in [2.45, 2.75) is 24.5 Å². The van der Waals surface area contributed by atoms with E-state index < -0.39 is 24.3 Å². The van der Waals surface area contributed by atoms with Crippen molar-refractivity contribution in [2.24, 2.45) is 0 Å². The summed E-state index contributed by atoms with van der Waals surface area (Å²) in [5.74, 6) is -1.02. The topological polar surface area (TPSA) is 157 Å². The Labute approximate surface area is 201 Å². The molecule has 1 aromatic heterocycles. The zero-order valence-electron chi connectivity index (χ0n) is 19.0. The fourth-order valence-corrected chi connectivity index (χ4v) is 4.13. The Kier molecular flexibility index (Phi) is 7.23. The number of fused-ring (bicyclic) bond motifs is 3. The second-order valence-corrected chi connectivity index (χ2v) is 8.07. The molecule has 1 aliphatic rings. The number of esters is 1. The first kappa shape index (κ1) is 24.1. The van der Waals surface area contributed by atoms with E-state index in [1.807, 2.05) is 36.4 Å². The average Bonchev–Trinajstić information content (AvgIpc) is 3.20. The van der Waals surface area contributed by atoms with Crippen molar-refractivity contribution in [3.8, 4) is 11.1 Å². The smallest absolute Gasteiger partial charge is 0.407 e. The minimum Gasteiger partial charge on any atom is -0.464 e. The number of hydrogen-bond acceptors (Lipinski definition) is 9. The van der Waals surface area contributed by atoms with Crippen LogP contribution in [-0.4, -0.2) is 58.6 Å². The van der Waals surface area contributed by atoms with Crippen molar-refractivity contribution in [1.82, 2.24) is 15.3 Å². The third-order valence-corrected chi connectivity index (χ3v) is 5.92. The van der Waals surface area contributed by atoms with E-state index >= 15 is 0 Å². The van der Waals surface area contributed by atoms with E-state index in [-0.39, 0.29) is 42.7 Å². The molecular formula is C25H26N4O6. The SMILES string of the molecule is COC(=O)c1nc(C(O)C(O)CCNC(=O)OCC2c3ccccc3-c3ccccc32)cnc1N. The number of aromatic nitrogens is 2. The van der Waals surface area contributed by atoms with Gasteiger partial charge in [0.1, 0.15) is 12.7 Å². The standard InChI is InChI=1S/C25H26N4O6/c1-34-24(32)21-23(26)28-12-19(29-21)22(31)20(30)10-11-27-25(33)35-13-18-16-8-4-2-6-14(16)15-7-3-5-9-17(15)18/h2-9,12,18,20,22,30-31H,10-11,13H2,1H3,(H2,26,28)(H,27,33). The first-order chi connectivity index (χ1) is 16.9. The Morgan fingerprint density at radius 2 is 1.71 bits per heavy atom. The molecule has 4 rings (SSSR count). The van der Waals surface area contributed by atoms with Crippen molar-refractivity contribution in [3.63, 3.8) is 0 Å². The number of anilines is 1. The maximum absolute atomic E-state index is 12.3. The summed E-state index contributed by atoms with van der Waals surface area (Å²) in [4.78, 5) is 31.7. The maximum atomic E-state index is 12.3. The van der Waals surface area contributed by atoms with Crippen LogP contribution in [0, 0.1) is 0 Å². The first-order valence-corrected chi connectivity index (χ1v) is 11.1. The summed E-state index contributed by atoms with van der Waals surface area (Å²) in [5, 5.41) is 23.2. The van der Waals surface area contributed by atoms with Gasteiger partial charge >= 0.3 is 12.1 Å². The molecule has 0 aliphatic heterocycles. The lowest BCUT2D eigenvalue weighted by atomic mass is 9.98. The zero-order chi connectivity index (χ0) is 24.9. The number of rotatable bonds is 8. The monoisotopic (exact) mass is 478 g/mol. The highest BCUT2D eigenvalue weighted by molar-refractivity contribution is 5.91. The van der Waals surface area contributed by atoms with Gasteiger partial charge in [-0.1, -0.05) is 48.5 Å². The summed E-state index contributed by atoms with van der Waals surface area (Å²) in [6.45, 7) is 0.212. The quantitative estimate of drug-likeness (QED) is 0.356. The van der Waals surface area contributed by atoms with Gasteiger partial charge in [-0.3, -0.25) is 0 Å². The van der Waals surface area contributed by atoms with E-state index in [1.165, 1.54) is 0 Å². The normalized spacial score (nSPS) is 13.9. The van der Waals surface area contributed by atoms with E-state index in [0.29, 0.717) is 0 Å². The Bertz CT molecular complexity index is 1190. The number of nitrogens with zero attached hydrogens (tertiary/aromatic N) is 2. The predicted octanol–water partition coefficient (Wildman–Crippen LogP) is 2.17. The van der Waals surface area contributed by atoms with Gasteiger partial charge in [0.15, 0.2) is 11.5 Å². The molecule has 10 nitrogen and oxygen atoms in total. The number of benzene rings is 2. The van der Waals surface area contributed by atoms with Gasteiger partial charge in [-0.15, -0.1) is 0 Å². The number of alkyl carbamates (subject to hydrolysis) is 1. The number of carbonyl (C=O) groups excluding carboxylic acids is 2. The van der Waals surface area contributed by atoms with Crippen molar-refractivity contribution in [2.75, 3.05) is 26.0 Å². The molecule has 0 saturated heterocycles. The first-order valence-electron chi connectivity index (χ1n) is 11.1. The van der Waals surface area contributed by atoms with Crippen LogP contribution >= 0.6 is 0 Å². The molecule has 35 heavy (non-hydrogen) atoms. The number of methoxy groups -OCH3 is 1. The van der Waals surface area contributed by atoms with Gasteiger partial charge in [0, 0.05) is 12.5 Å². The van der Waals surface area contributed by atoms with E-state index in [2.05, 4.69) is 32.2 Å². The maximum Gasteiger partial charge on any atom is 0.407 e. The van der Waals surface area contributed by atoms with Crippen molar-refractivity contribution in [3.05, 3.63) is 77.2 Å². The number of nitrogens with two attached hydrogens (primary N) is 1. The van der Waals surface area contributed by atoms with Crippen LogP contribution in [0.2, 0.25) is 0 Å². The highest BCUT2D eigenvalue weighted by Crippen LogP contribution is 2.44. The van der Waals surface area contributed by atoms with Gasteiger partial charge in [-0.2, -0.15) is 0 Å². The van der Waals surface area contributed by atoms with Crippen molar-refractivity contribution in [1.29, 1.82) is 0 Å². The van der Waals surface area contributed by atoms with Gasteiger partial charge in [0.25, 0.3) is 0 Å². The van der Waals surface area contributed by atoms with Crippen LogP contribution < -0.4 is 11.1 Å². The third-order valence-electron chi connectivity index (χ3n) is 5.92. The number of carbonyl (C=O) groups is 2. The molecule has 3 aromatic rings.